The third kappa shape index (κ3) is 6.09. The third-order valence-corrected chi connectivity index (χ3v) is 1.99. The van der Waals surface area contributed by atoms with E-state index in [0.29, 0.717) is 0 Å². The molecule has 0 rings (SSSR count). The van der Waals surface area contributed by atoms with Gasteiger partial charge in [0.05, 0.1) is 0 Å². The highest BCUT2D eigenvalue weighted by atomic mass is 32.2. The maximum atomic E-state index is 2.23. The molecule has 0 unspecified atom stereocenters. The molecule has 1 heteroatoms. The number of allylic oxidation sites excluding steroid dienone is 1. The molecule has 0 saturated heterocycles. The number of hydrogen-bond donors (Lipinski definition) is 0. The molecular weight excluding hydrogens is 116 g/mol. The fourth-order valence-electron chi connectivity index (χ4n) is 0.344. The van der Waals surface area contributed by atoms with Crippen LogP contribution in [-0.2, 0) is 0 Å². The van der Waals surface area contributed by atoms with Crippen LogP contribution in [0.15, 0.2) is 11.5 Å². The normalized spacial score (nSPS) is 11.5. The topological polar surface area (TPSA) is 0 Å². The fourth-order valence-corrected chi connectivity index (χ4v) is 1.03. The quantitative estimate of drug-likeness (QED) is 0.566. The molecule has 0 saturated carbocycles. The first-order valence-corrected chi connectivity index (χ1v) is 4.05. The molecule has 0 N–H and O–H groups in total. The maximum Gasteiger partial charge on any atom is -0.000296 e. The molecule has 48 valence electrons. The standard InChI is InChI=1S/C7H14S/c1-4-5-8-6-7(2)3/h4-5,7H,6H2,1-3H3. The van der Waals surface area contributed by atoms with E-state index in [1.54, 1.807) is 0 Å². The predicted octanol–water partition coefficient (Wildman–Crippen LogP) is 2.91. The zero-order valence-electron chi connectivity index (χ0n) is 5.85. The van der Waals surface area contributed by atoms with Gasteiger partial charge in [-0.25, -0.2) is 0 Å². The van der Waals surface area contributed by atoms with Gasteiger partial charge in [0.1, 0.15) is 0 Å². The van der Waals surface area contributed by atoms with Crippen molar-refractivity contribution in [2.24, 2.45) is 5.92 Å². The Hall–Kier alpha value is 0.0900. The molecule has 0 aliphatic carbocycles. The van der Waals surface area contributed by atoms with E-state index in [-0.39, 0.29) is 0 Å². The minimum atomic E-state index is 0.816. The molecule has 0 aromatic rings. The lowest BCUT2D eigenvalue weighted by Gasteiger charge is -1.97. The van der Waals surface area contributed by atoms with Gasteiger partial charge in [0.15, 0.2) is 0 Å². The van der Waals surface area contributed by atoms with Gasteiger partial charge in [0.25, 0.3) is 0 Å². The molecule has 0 aliphatic rings. The van der Waals surface area contributed by atoms with Crippen molar-refractivity contribution < 1.29 is 0 Å². The molecule has 0 nitrogen and oxygen atoms in total. The first-order valence-electron chi connectivity index (χ1n) is 3.00. The van der Waals surface area contributed by atoms with E-state index in [1.807, 2.05) is 18.7 Å². The minimum absolute atomic E-state index is 0.816. The highest BCUT2D eigenvalue weighted by Crippen LogP contribution is 2.07. The fraction of sp³-hybridized carbons (Fsp3) is 0.714. The number of hydrogen-bond acceptors (Lipinski definition) is 1. The summed E-state index contributed by atoms with van der Waals surface area (Å²) in [5.41, 5.74) is 0. The van der Waals surface area contributed by atoms with Crippen molar-refractivity contribution in [3.05, 3.63) is 11.5 Å². The summed E-state index contributed by atoms with van der Waals surface area (Å²) in [7, 11) is 0. The van der Waals surface area contributed by atoms with Gasteiger partial charge in [0, 0.05) is 0 Å². The smallest absolute Gasteiger partial charge is 0.000296 e. The average Bonchev–Trinajstić information content (AvgIpc) is 1.66. The van der Waals surface area contributed by atoms with E-state index in [2.05, 4.69) is 25.3 Å². The number of rotatable bonds is 3. The van der Waals surface area contributed by atoms with Crippen molar-refractivity contribution in [2.45, 2.75) is 20.8 Å². The van der Waals surface area contributed by atoms with E-state index in [9.17, 15) is 0 Å². The first kappa shape index (κ1) is 8.09. The van der Waals surface area contributed by atoms with Crippen LogP contribution in [0.4, 0.5) is 0 Å². The highest BCUT2D eigenvalue weighted by Gasteiger charge is 1.88. The van der Waals surface area contributed by atoms with Crippen molar-refractivity contribution in [3.63, 3.8) is 0 Å². The van der Waals surface area contributed by atoms with Crippen molar-refractivity contribution >= 4 is 11.8 Å². The van der Waals surface area contributed by atoms with E-state index >= 15 is 0 Å². The molecule has 0 amide bonds. The molecule has 0 aliphatic heterocycles. The second-order valence-electron chi connectivity index (χ2n) is 2.20. The van der Waals surface area contributed by atoms with Gasteiger partial charge in [-0.2, -0.15) is 0 Å². The first-order chi connectivity index (χ1) is 3.77. The monoisotopic (exact) mass is 130 g/mol. The Bertz CT molecular complexity index is 64.8. The summed E-state index contributed by atoms with van der Waals surface area (Å²) in [5.74, 6) is 2.06. The minimum Gasteiger partial charge on any atom is -0.134 e. The molecule has 0 aromatic heterocycles. The van der Waals surface area contributed by atoms with Crippen LogP contribution in [0.3, 0.4) is 0 Å². The lowest BCUT2D eigenvalue weighted by molar-refractivity contribution is 0.751. The Morgan fingerprint density at radius 1 is 1.50 bits per heavy atom. The Balaban J connectivity index is 2.93. The summed E-state index contributed by atoms with van der Waals surface area (Å²) in [4.78, 5) is 0. The zero-order valence-corrected chi connectivity index (χ0v) is 6.66. The van der Waals surface area contributed by atoms with Crippen molar-refractivity contribution in [1.29, 1.82) is 0 Å². The molecule has 0 radical (unpaired) electrons. The molecular formula is C7H14S. The highest BCUT2D eigenvalue weighted by molar-refractivity contribution is 8.02. The third-order valence-electron chi connectivity index (χ3n) is 0.662. The van der Waals surface area contributed by atoms with Crippen LogP contribution in [0, 0.1) is 5.92 Å². The van der Waals surface area contributed by atoms with Crippen LogP contribution in [0.5, 0.6) is 0 Å². The Morgan fingerprint density at radius 3 is 2.50 bits per heavy atom. The molecule has 0 atom stereocenters. The molecule has 0 aromatic carbocycles. The van der Waals surface area contributed by atoms with E-state index in [0.717, 1.165) is 5.92 Å². The van der Waals surface area contributed by atoms with Crippen LogP contribution in [0.1, 0.15) is 20.8 Å². The second kappa shape index (κ2) is 5.23. The summed E-state index contributed by atoms with van der Waals surface area (Å²) in [5, 5.41) is 2.14. The van der Waals surface area contributed by atoms with Crippen LogP contribution < -0.4 is 0 Å². The van der Waals surface area contributed by atoms with Gasteiger partial charge in [0.2, 0.25) is 0 Å². The van der Waals surface area contributed by atoms with Crippen LogP contribution in [0.2, 0.25) is 0 Å². The summed E-state index contributed by atoms with van der Waals surface area (Å²) in [6, 6.07) is 0. The molecule has 8 heavy (non-hydrogen) atoms. The van der Waals surface area contributed by atoms with Crippen LogP contribution in [-0.4, -0.2) is 5.75 Å². The van der Waals surface area contributed by atoms with Gasteiger partial charge in [-0.05, 0) is 24.0 Å². The number of thioether (sulfide) groups is 1. The largest absolute Gasteiger partial charge is 0.134 e. The van der Waals surface area contributed by atoms with E-state index < -0.39 is 0 Å². The van der Waals surface area contributed by atoms with Gasteiger partial charge in [-0.15, -0.1) is 11.8 Å². The van der Waals surface area contributed by atoms with Crippen molar-refractivity contribution in [3.8, 4) is 0 Å². The summed E-state index contributed by atoms with van der Waals surface area (Å²) in [6.07, 6.45) is 2.08. The Morgan fingerprint density at radius 2 is 2.12 bits per heavy atom. The molecule has 0 fully saturated rings. The van der Waals surface area contributed by atoms with Crippen LogP contribution in [0.25, 0.3) is 0 Å². The summed E-state index contributed by atoms with van der Waals surface area (Å²) >= 11 is 1.88. The Labute approximate surface area is 56.4 Å². The second-order valence-corrected chi connectivity index (χ2v) is 3.14. The summed E-state index contributed by atoms with van der Waals surface area (Å²) < 4.78 is 0. The Kier molecular flexibility index (Phi) is 5.29. The van der Waals surface area contributed by atoms with Gasteiger partial charge in [-0.3, -0.25) is 0 Å². The van der Waals surface area contributed by atoms with E-state index in [1.165, 1.54) is 5.75 Å². The maximum absolute atomic E-state index is 2.23. The zero-order chi connectivity index (χ0) is 6.41. The predicted molar refractivity (Wildman–Crippen MR) is 42.1 cm³/mol. The van der Waals surface area contributed by atoms with Crippen molar-refractivity contribution in [1.82, 2.24) is 0 Å². The molecule has 0 bridgehead atoms. The molecule has 0 spiro atoms. The molecule has 0 heterocycles. The van der Waals surface area contributed by atoms with Gasteiger partial charge < -0.3 is 0 Å². The van der Waals surface area contributed by atoms with Crippen LogP contribution >= 0.6 is 11.8 Å². The van der Waals surface area contributed by atoms with E-state index in [4.69, 9.17) is 0 Å². The van der Waals surface area contributed by atoms with Gasteiger partial charge >= 0.3 is 0 Å². The average molecular weight is 130 g/mol. The summed E-state index contributed by atoms with van der Waals surface area (Å²) in [6.45, 7) is 6.51. The van der Waals surface area contributed by atoms with Gasteiger partial charge in [-0.1, -0.05) is 19.9 Å². The lowest BCUT2D eigenvalue weighted by Crippen LogP contribution is -1.87. The van der Waals surface area contributed by atoms with Crippen molar-refractivity contribution in [2.75, 3.05) is 5.75 Å². The SMILES string of the molecule is CC=CSCC(C)C. The lowest BCUT2D eigenvalue weighted by atomic mass is 10.3.